The lowest BCUT2D eigenvalue weighted by atomic mass is 10.00. The van der Waals surface area contributed by atoms with Gasteiger partial charge in [-0.2, -0.15) is 0 Å². The van der Waals surface area contributed by atoms with Crippen molar-refractivity contribution >= 4 is 5.91 Å². The fourth-order valence-electron chi connectivity index (χ4n) is 1.73. The predicted molar refractivity (Wildman–Crippen MR) is 59.6 cm³/mol. The van der Waals surface area contributed by atoms with Crippen LogP contribution in [0.4, 0.5) is 0 Å². The van der Waals surface area contributed by atoms with Crippen LogP contribution in [0.25, 0.3) is 0 Å². The zero-order valence-electron chi connectivity index (χ0n) is 9.42. The highest BCUT2D eigenvalue weighted by Gasteiger charge is 2.05. The Labute approximate surface area is 90.1 Å². The van der Waals surface area contributed by atoms with Gasteiger partial charge >= 0.3 is 0 Å². The smallest absolute Gasteiger partial charge is 0.245 e. The van der Waals surface area contributed by atoms with Crippen molar-refractivity contribution in [2.24, 2.45) is 0 Å². The van der Waals surface area contributed by atoms with Crippen molar-refractivity contribution in [3.8, 4) is 0 Å². The van der Waals surface area contributed by atoms with E-state index < -0.39 is 6.61 Å². The molecule has 2 N–H and O–H groups in total. The first kappa shape index (κ1) is 11.7. The summed E-state index contributed by atoms with van der Waals surface area (Å²) in [7, 11) is 0. The molecule has 0 aliphatic rings. The minimum Gasteiger partial charge on any atom is -0.387 e. The summed E-state index contributed by atoms with van der Waals surface area (Å²) in [5.74, 6) is -0.339. The first-order valence-electron chi connectivity index (χ1n) is 4.99. The van der Waals surface area contributed by atoms with Gasteiger partial charge in [0.25, 0.3) is 0 Å². The van der Waals surface area contributed by atoms with Crippen molar-refractivity contribution in [1.29, 1.82) is 0 Å². The third kappa shape index (κ3) is 3.06. The van der Waals surface area contributed by atoms with Crippen LogP contribution in [0.3, 0.4) is 0 Å². The van der Waals surface area contributed by atoms with E-state index in [0.29, 0.717) is 6.54 Å². The summed E-state index contributed by atoms with van der Waals surface area (Å²) in [6.07, 6.45) is 0. The number of carbonyl (C=O) groups is 1. The van der Waals surface area contributed by atoms with Gasteiger partial charge in [-0.05, 0) is 37.5 Å². The minimum absolute atomic E-state index is 0.339. The molecule has 0 radical (unpaired) electrons. The highest BCUT2D eigenvalue weighted by Crippen LogP contribution is 2.15. The molecule has 0 saturated heterocycles. The largest absolute Gasteiger partial charge is 0.387 e. The van der Waals surface area contributed by atoms with Gasteiger partial charge in [0.05, 0.1) is 0 Å². The van der Waals surface area contributed by atoms with E-state index in [4.69, 9.17) is 5.11 Å². The second-order valence-electron chi connectivity index (χ2n) is 3.81. The number of aryl methyl sites for hydroxylation is 3. The Morgan fingerprint density at radius 2 is 1.80 bits per heavy atom. The number of amides is 1. The molecule has 0 aromatic heterocycles. The molecular formula is C12H17NO2. The average molecular weight is 207 g/mol. The highest BCUT2D eigenvalue weighted by molar-refractivity contribution is 5.76. The monoisotopic (exact) mass is 207 g/mol. The SMILES string of the molecule is Cc1cc(C)c(CNC(=O)CO)c(C)c1. The van der Waals surface area contributed by atoms with E-state index in [-0.39, 0.29) is 5.91 Å². The average Bonchev–Trinajstić information content (AvgIpc) is 2.15. The third-order valence-corrected chi connectivity index (χ3v) is 2.45. The number of nitrogens with one attached hydrogen (secondary N) is 1. The van der Waals surface area contributed by atoms with Crippen LogP contribution in [0, 0.1) is 20.8 Å². The van der Waals surface area contributed by atoms with Crippen LogP contribution in [0.5, 0.6) is 0 Å². The number of aliphatic hydroxyl groups is 1. The molecule has 1 amide bonds. The standard InChI is InChI=1S/C12H17NO2/c1-8-4-9(2)11(10(3)5-8)6-13-12(15)7-14/h4-5,14H,6-7H2,1-3H3,(H,13,15). The van der Waals surface area contributed by atoms with Crippen molar-refractivity contribution in [3.63, 3.8) is 0 Å². The molecule has 3 nitrogen and oxygen atoms in total. The molecule has 1 rings (SSSR count). The number of benzene rings is 1. The van der Waals surface area contributed by atoms with Crippen molar-refractivity contribution in [2.45, 2.75) is 27.3 Å². The highest BCUT2D eigenvalue weighted by atomic mass is 16.3. The van der Waals surface area contributed by atoms with Crippen molar-refractivity contribution in [1.82, 2.24) is 5.32 Å². The van der Waals surface area contributed by atoms with Crippen LogP contribution in [0.15, 0.2) is 12.1 Å². The van der Waals surface area contributed by atoms with Gasteiger partial charge in [-0.25, -0.2) is 0 Å². The van der Waals surface area contributed by atoms with Crippen molar-refractivity contribution in [2.75, 3.05) is 6.61 Å². The molecule has 0 saturated carbocycles. The van der Waals surface area contributed by atoms with Crippen LogP contribution in [0.1, 0.15) is 22.3 Å². The maximum absolute atomic E-state index is 10.9. The van der Waals surface area contributed by atoms with Gasteiger partial charge in [0.15, 0.2) is 0 Å². The lowest BCUT2D eigenvalue weighted by Gasteiger charge is -2.11. The van der Waals surface area contributed by atoms with Gasteiger partial charge in [-0.15, -0.1) is 0 Å². The predicted octanol–water partition coefficient (Wildman–Crippen LogP) is 1.22. The first-order valence-corrected chi connectivity index (χ1v) is 4.99. The molecule has 0 unspecified atom stereocenters. The van der Waals surface area contributed by atoms with Crippen molar-refractivity contribution in [3.05, 3.63) is 34.4 Å². The molecule has 0 fully saturated rings. The van der Waals surface area contributed by atoms with E-state index >= 15 is 0 Å². The molecule has 1 aromatic rings. The Hall–Kier alpha value is -1.35. The number of carbonyl (C=O) groups excluding carboxylic acids is 1. The van der Waals surface area contributed by atoms with Crippen LogP contribution < -0.4 is 5.32 Å². The number of rotatable bonds is 3. The van der Waals surface area contributed by atoms with E-state index in [0.717, 1.165) is 5.56 Å². The second-order valence-corrected chi connectivity index (χ2v) is 3.81. The molecule has 3 heteroatoms. The molecule has 0 aliphatic carbocycles. The van der Waals surface area contributed by atoms with Gasteiger partial charge in [0, 0.05) is 6.54 Å². The van der Waals surface area contributed by atoms with Gasteiger partial charge in [-0.3, -0.25) is 4.79 Å². The molecule has 0 aliphatic heterocycles. The zero-order valence-corrected chi connectivity index (χ0v) is 9.42. The Kier molecular flexibility index (Phi) is 3.86. The van der Waals surface area contributed by atoms with Gasteiger partial charge in [0.1, 0.15) is 6.61 Å². The Bertz CT molecular complexity index is 349. The van der Waals surface area contributed by atoms with E-state index in [9.17, 15) is 4.79 Å². The fraction of sp³-hybridized carbons (Fsp3) is 0.417. The minimum atomic E-state index is -0.454. The molecule has 0 spiro atoms. The van der Waals surface area contributed by atoms with E-state index in [1.54, 1.807) is 0 Å². The molecule has 0 atom stereocenters. The molecule has 0 bridgehead atoms. The topological polar surface area (TPSA) is 49.3 Å². The molecule has 15 heavy (non-hydrogen) atoms. The van der Waals surface area contributed by atoms with Crippen LogP contribution in [-0.4, -0.2) is 17.6 Å². The molecular weight excluding hydrogens is 190 g/mol. The lowest BCUT2D eigenvalue weighted by molar-refractivity contribution is -0.123. The van der Waals surface area contributed by atoms with Crippen LogP contribution >= 0.6 is 0 Å². The zero-order chi connectivity index (χ0) is 11.4. The quantitative estimate of drug-likeness (QED) is 0.783. The lowest BCUT2D eigenvalue weighted by Crippen LogP contribution is -2.26. The van der Waals surface area contributed by atoms with Crippen LogP contribution in [0.2, 0.25) is 0 Å². The normalized spacial score (nSPS) is 10.1. The van der Waals surface area contributed by atoms with Gasteiger partial charge in [0.2, 0.25) is 5.91 Å². The van der Waals surface area contributed by atoms with Crippen LogP contribution in [-0.2, 0) is 11.3 Å². The Morgan fingerprint density at radius 3 is 2.27 bits per heavy atom. The summed E-state index contributed by atoms with van der Waals surface area (Å²) < 4.78 is 0. The summed E-state index contributed by atoms with van der Waals surface area (Å²) in [4.78, 5) is 10.9. The maximum Gasteiger partial charge on any atom is 0.245 e. The number of aliphatic hydroxyl groups excluding tert-OH is 1. The van der Waals surface area contributed by atoms with Gasteiger partial charge in [-0.1, -0.05) is 17.7 Å². The molecule has 82 valence electrons. The van der Waals surface area contributed by atoms with E-state index in [2.05, 4.69) is 24.4 Å². The van der Waals surface area contributed by atoms with E-state index in [1.165, 1.54) is 16.7 Å². The first-order chi connectivity index (χ1) is 7.04. The molecule has 1 aromatic carbocycles. The summed E-state index contributed by atoms with van der Waals surface area (Å²) >= 11 is 0. The van der Waals surface area contributed by atoms with E-state index in [1.807, 2.05) is 13.8 Å². The number of hydrogen-bond acceptors (Lipinski definition) is 2. The Balaban J connectivity index is 2.81. The summed E-state index contributed by atoms with van der Waals surface area (Å²) in [5.41, 5.74) is 4.70. The summed E-state index contributed by atoms with van der Waals surface area (Å²) in [6.45, 7) is 6.14. The summed E-state index contributed by atoms with van der Waals surface area (Å²) in [6, 6.07) is 4.18. The number of hydrogen-bond donors (Lipinski definition) is 2. The van der Waals surface area contributed by atoms with Crippen molar-refractivity contribution < 1.29 is 9.90 Å². The maximum atomic E-state index is 10.9. The molecule has 0 heterocycles. The fourth-order valence-corrected chi connectivity index (χ4v) is 1.73. The van der Waals surface area contributed by atoms with Gasteiger partial charge < -0.3 is 10.4 Å². The Morgan fingerprint density at radius 1 is 1.27 bits per heavy atom. The third-order valence-electron chi connectivity index (χ3n) is 2.45. The summed E-state index contributed by atoms with van der Waals surface area (Å²) in [5, 5.41) is 11.2. The second kappa shape index (κ2) is 4.94.